The fraction of sp³-hybridized carbons (Fsp3) is 0.111. The van der Waals surface area contributed by atoms with Crippen molar-refractivity contribution in [2.45, 2.75) is 6.92 Å². The van der Waals surface area contributed by atoms with Gasteiger partial charge in [0.1, 0.15) is 11.2 Å². The normalized spacial score (nSPS) is 11.2. The largest absolute Gasteiger partial charge is 0.217 e. The fourth-order valence-electron chi connectivity index (χ4n) is 1.38. The molecule has 0 saturated heterocycles. The summed E-state index contributed by atoms with van der Waals surface area (Å²) in [5.74, 6) is 0. The molecule has 3 nitrogen and oxygen atoms in total. The van der Waals surface area contributed by atoms with E-state index in [-0.39, 0.29) is 0 Å². The first-order valence-corrected chi connectivity index (χ1v) is 5.94. The van der Waals surface area contributed by atoms with Gasteiger partial charge < -0.3 is 0 Å². The molecule has 0 aliphatic heterocycles. The van der Waals surface area contributed by atoms with Gasteiger partial charge in [-0.3, -0.25) is 0 Å². The summed E-state index contributed by atoms with van der Waals surface area (Å²) in [4.78, 5) is 6.70. The third-order valence-corrected chi connectivity index (χ3v) is 3.81. The molecular formula is C9H7N3S2. The Morgan fingerprint density at radius 2 is 2.29 bits per heavy atom. The van der Waals surface area contributed by atoms with E-state index in [1.165, 1.54) is 10.4 Å². The van der Waals surface area contributed by atoms with Gasteiger partial charge in [0.25, 0.3) is 0 Å². The molecular weight excluding hydrogens is 214 g/mol. The Morgan fingerprint density at radius 1 is 1.36 bits per heavy atom. The molecule has 70 valence electrons. The molecule has 0 N–H and O–H groups in total. The van der Waals surface area contributed by atoms with Crippen LogP contribution >= 0.6 is 22.7 Å². The summed E-state index contributed by atoms with van der Waals surface area (Å²) in [6.07, 6.45) is 1.98. The van der Waals surface area contributed by atoms with Crippen molar-refractivity contribution in [3.8, 4) is 10.6 Å². The first-order chi connectivity index (χ1) is 6.84. The lowest BCUT2D eigenvalue weighted by Crippen LogP contribution is -1.76. The molecule has 0 unspecified atom stereocenters. The van der Waals surface area contributed by atoms with Gasteiger partial charge in [0, 0.05) is 0 Å². The van der Waals surface area contributed by atoms with E-state index in [9.17, 15) is 0 Å². The van der Waals surface area contributed by atoms with Gasteiger partial charge >= 0.3 is 0 Å². The van der Waals surface area contributed by atoms with Crippen LogP contribution in [0.2, 0.25) is 0 Å². The molecule has 0 saturated carbocycles. The monoisotopic (exact) mass is 221 g/mol. The van der Waals surface area contributed by atoms with Gasteiger partial charge in [-0.1, -0.05) is 11.3 Å². The number of aromatic nitrogens is 3. The van der Waals surface area contributed by atoms with Gasteiger partial charge in [-0.2, -0.15) is 5.10 Å². The number of rotatable bonds is 1. The van der Waals surface area contributed by atoms with E-state index in [0.29, 0.717) is 0 Å². The maximum Gasteiger partial charge on any atom is 0.212 e. The quantitative estimate of drug-likeness (QED) is 0.632. The number of fused-ring (bicyclic) bond motifs is 1. The SMILES string of the molecule is Cc1ccsc1-c1cn2ncsc2n1. The third kappa shape index (κ3) is 1.09. The molecule has 3 rings (SSSR count). The van der Waals surface area contributed by atoms with Crippen molar-refractivity contribution in [1.29, 1.82) is 0 Å². The van der Waals surface area contributed by atoms with Crippen molar-refractivity contribution in [2.24, 2.45) is 0 Å². The predicted molar refractivity (Wildman–Crippen MR) is 58.9 cm³/mol. The van der Waals surface area contributed by atoms with Crippen molar-refractivity contribution >= 4 is 27.6 Å². The zero-order chi connectivity index (χ0) is 9.54. The summed E-state index contributed by atoms with van der Waals surface area (Å²) in [6, 6.07) is 2.11. The van der Waals surface area contributed by atoms with Crippen molar-refractivity contribution in [1.82, 2.24) is 14.6 Å². The molecule has 0 bridgehead atoms. The van der Waals surface area contributed by atoms with Crippen LogP contribution < -0.4 is 0 Å². The maximum atomic E-state index is 4.51. The minimum absolute atomic E-state index is 0.952. The molecule has 3 aromatic heterocycles. The van der Waals surface area contributed by atoms with E-state index in [1.807, 2.05) is 10.7 Å². The van der Waals surface area contributed by atoms with Crippen LogP contribution in [-0.2, 0) is 0 Å². The molecule has 0 aliphatic carbocycles. The highest BCUT2D eigenvalue weighted by atomic mass is 32.1. The van der Waals surface area contributed by atoms with Crippen molar-refractivity contribution in [3.63, 3.8) is 0 Å². The van der Waals surface area contributed by atoms with Gasteiger partial charge in [0.05, 0.1) is 11.1 Å². The van der Waals surface area contributed by atoms with Gasteiger partial charge in [-0.25, -0.2) is 9.50 Å². The maximum absolute atomic E-state index is 4.51. The zero-order valence-electron chi connectivity index (χ0n) is 7.47. The van der Waals surface area contributed by atoms with Crippen LogP contribution in [0.1, 0.15) is 5.56 Å². The number of nitrogens with zero attached hydrogens (tertiary/aromatic N) is 3. The lowest BCUT2D eigenvalue weighted by molar-refractivity contribution is 0.974. The lowest BCUT2D eigenvalue weighted by atomic mass is 10.2. The number of hydrogen-bond donors (Lipinski definition) is 0. The molecule has 0 aromatic carbocycles. The van der Waals surface area contributed by atoms with E-state index in [2.05, 4.69) is 28.5 Å². The smallest absolute Gasteiger partial charge is 0.212 e. The molecule has 0 atom stereocenters. The van der Waals surface area contributed by atoms with Crippen LogP contribution in [0.3, 0.4) is 0 Å². The molecule has 0 amide bonds. The van der Waals surface area contributed by atoms with Gasteiger partial charge in [0.2, 0.25) is 4.96 Å². The summed E-state index contributed by atoms with van der Waals surface area (Å²) in [6.45, 7) is 2.10. The molecule has 14 heavy (non-hydrogen) atoms. The van der Waals surface area contributed by atoms with Gasteiger partial charge in [-0.15, -0.1) is 11.3 Å². The minimum atomic E-state index is 0.952. The first-order valence-electron chi connectivity index (χ1n) is 4.18. The Bertz CT molecular complexity index is 547. The Hall–Kier alpha value is -1.20. The molecule has 0 fully saturated rings. The van der Waals surface area contributed by atoms with Crippen LogP contribution in [0.25, 0.3) is 15.5 Å². The van der Waals surface area contributed by atoms with E-state index < -0.39 is 0 Å². The molecule has 0 spiro atoms. The Balaban J connectivity index is 2.23. The van der Waals surface area contributed by atoms with Crippen molar-refractivity contribution in [2.75, 3.05) is 0 Å². The van der Waals surface area contributed by atoms with E-state index in [4.69, 9.17) is 0 Å². The van der Waals surface area contributed by atoms with Crippen LogP contribution in [-0.4, -0.2) is 14.6 Å². The topological polar surface area (TPSA) is 30.2 Å². The second-order valence-electron chi connectivity index (χ2n) is 3.02. The first kappa shape index (κ1) is 8.14. The number of hydrogen-bond acceptors (Lipinski definition) is 4. The average Bonchev–Trinajstić information content (AvgIpc) is 2.75. The summed E-state index contributed by atoms with van der Waals surface area (Å²) < 4.78 is 1.82. The summed E-state index contributed by atoms with van der Waals surface area (Å²) in [5, 5.41) is 6.25. The molecule has 3 aromatic rings. The summed E-state index contributed by atoms with van der Waals surface area (Å²) in [7, 11) is 0. The Labute approximate surface area is 88.7 Å². The van der Waals surface area contributed by atoms with E-state index in [0.717, 1.165) is 10.7 Å². The minimum Gasteiger partial charge on any atom is -0.217 e. The highest BCUT2D eigenvalue weighted by molar-refractivity contribution is 7.15. The van der Waals surface area contributed by atoms with Gasteiger partial charge in [-0.05, 0) is 23.9 Å². The average molecular weight is 221 g/mol. The Morgan fingerprint density at radius 3 is 3.00 bits per heavy atom. The van der Waals surface area contributed by atoms with Crippen LogP contribution in [0.4, 0.5) is 0 Å². The molecule has 5 heteroatoms. The van der Waals surface area contributed by atoms with Gasteiger partial charge in [0.15, 0.2) is 0 Å². The van der Waals surface area contributed by atoms with Crippen molar-refractivity contribution < 1.29 is 0 Å². The number of aryl methyl sites for hydroxylation is 1. The predicted octanol–water partition coefficient (Wildman–Crippen LogP) is 2.83. The standard InChI is InChI=1S/C9H7N3S2/c1-6-2-3-13-8(6)7-4-12-9(11-7)14-5-10-12/h2-5H,1H3. The van der Waals surface area contributed by atoms with Crippen molar-refractivity contribution in [3.05, 3.63) is 28.7 Å². The third-order valence-electron chi connectivity index (χ3n) is 2.08. The molecule has 3 heterocycles. The molecule has 0 radical (unpaired) electrons. The van der Waals surface area contributed by atoms with Crippen LogP contribution in [0, 0.1) is 6.92 Å². The summed E-state index contributed by atoms with van der Waals surface area (Å²) >= 11 is 3.28. The van der Waals surface area contributed by atoms with Crippen LogP contribution in [0.15, 0.2) is 23.2 Å². The highest BCUT2D eigenvalue weighted by Gasteiger charge is 2.08. The lowest BCUT2D eigenvalue weighted by Gasteiger charge is -1.90. The fourth-order valence-corrected chi connectivity index (χ4v) is 2.87. The van der Waals surface area contributed by atoms with E-state index >= 15 is 0 Å². The van der Waals surface area contributed by atoms with Crippen LogP contribution in [0.5, 0.6) is 0 Å². The zero-order valence-corrected chi connectivity index (χ0v) is 9.10. The van der Waals surface area contributed by atoms with E-state index in [1.54, 1.807) is 28.2 Å². The second-order valence-corrected chi connectivity index (χ2v) is 4.75. The highest BCUT2D eigenvalue weighted by Crippen LogP contribution is 2.28. The number of imidazole rings is 1. The number of thiophene rings is 1. The Kier molecular flexibility index (Phi) is 1.68. The second kappa shape index (κ2) is 2.90. The summed E-state index contributed by atoms with van der Waals surface area (Å²) in [5.41, 5.74) is 4.10. The molecule has 0 aliphatic rings.